The minimum Gasteiger partial charge on any atom is -0.481 e. The zero-order valence-corrected chi connectivity index (χ0v) is 16.5. The lowest BCUT2D eigenvalue weighted by molar-refractivity contribution is -0.00834. The van der Waals surface area contributed by atoms with E-state index in [0.717, 1.165) is 24.6 Å². The molecular weight excluding hydrogens is 340 g/mol. The molecule has 144 valence electrons. The van der Waals surface area contributed by atoms with Crippen molar-refractivity contribution in [3.8, 4) is 5.88 Å². The zero-order valence-electron chi connectivity index (χ0n) is 16.5. The van der Waals surface area contributed by atoms with Crippen LogP contribution in [-0.4, -0.2) is 49.7 Å². The molecular formula is C21H28N4O2. The molecule has 1 aromatic heterocycles. The number of nitrogens with one attached hydrogen (secondary N) is 1. The Labute approximate surface area is 161 Å². The van der Waals surface area contributed by atoms with Crippen molar-refractivity contribution in [3.05, 3.63) is 58.8 Å². The van der Waals surface area contributed by atoms with Crippen molar-refractivity contribution in [1.29, 1.82) is 0 Å². The van der Waals surface area contributed by atoms with Crippen LogP contribution in [0.25, 0.3) is 0 Å². The third-order valence-corrected chi connectivity index (χ3v) is 4.81. The molecule has 0 radical (unpaired) electrons. The fraction of sp³-hybridized carbons (Fsp3) is 0.429. The second-order valence-corrected chi connectivity index (χ2v) is 6.77. The summed E-state index contributed by atoms with van der Waals surface area (Å²) >= 11 is 0. The van der Waals surface area contributed by atoms with Gasteiger partial charge in [-0.25, -0.2) is 4.98 Å². The summed E-state index contributed by atoms with van der Waals surface area (Å²) in [7, 11) is 3.44. The third kappa shape index (κ3) is 4.77. The van der Waals surface area contributed by atoms with Crippen molar-refractivity contribution in [1.82, 2.24) is 15.2 Å². The Morgan fingerprint density at radius 3 is 2.93 bits per heavy atom. The predicted molar refractivity (Wildman–Crippen MR) is 107 cm³/mol. The highest BCUT2D eigenvalue weighted by Gasteiger charge is 2.25. The molecule has 1 aliphatic rings. The van der Waals surface area contributed by atoms with E-state index in [1.165, 1.54) is 16.7 Å². The van der Waals surface area contributed by atoms with Gasteiger partial charge in [0.15, 0.2) is 5.96 Å². The quantitative estimate of drug-likeness (QED) is 0.664. The maximum atomic E-state index is 6.05. The maximum absolute atomic E-state index is 6.05. The van der Waals surface area contributed by atoms with Crippen molar-refractivity contribution in [2.24, 2.45) is 4.99 Å². The SMILES string of the molecule is CN=C(NCc1ccnc(OC)c1)N1CCOC(c2ccc(C)cc2C)C1. The van der Waals surface area contributed by atoms with Gasteiger partial charge in [-0.1, -0.05) is 23.8 Å². The Hall–Kier alpha value is -2.60. The number of guanidine groups is 1. The number of morpholine rings is 1. The number of ether oxygens (including phenoxy) is 2. The molecule has 2 heterocycles. The first-order valence-electron chi connectivity index (χ1n) is 9.24. The van der Waals surface area contributed by atoms with Crippen molar-refractivity contribution >= 4 is 5.96 Å². The number of benzene rings is 1. The van der Waals surface area contributed by atoms with E-state index in [0.29, 0.717) is 19.0 Å². The van der Waals surface area contributed by atoms with Gasteiger partial charge in [0.1, 0.15) is 6.10 Å². The summed E-state index contributed by atoms with van der Waals surface area (Å²) in [5.74, 6) is 1.49. The monoisotopic (exact) mass is 368 g/mol. The number of hydrogen-bond donors (Lipinski definition) is 1. The number of pyridine rings is 1. The van der Waals surface area contributed by atoms with Gasteiger partial charge in [-0.05, 0) is 36.6 Å². The van der Waals surface area contributed by atoms with Gasteiger partial charge in [-0.3, -0.25) is 4.99 Å². The molecule has 0 aliphatic carbocycles. The molecule has 1 fully saturated rings. The van der Waals surface area contributed by atoms with Crippen LogP contribution in [-0.2, 0) is 11.3 Å². The molecule has 0 spiro atoms. The van der Waals surface area contributed by atoms with Crippen molar-refractivity contribution in [2.45, 2.75) is 26.5 Å². The smallest absolute Gasteiger partial charge is 0.213 e. The second-order valence-electron chi connectivity index (χ2n) is 6.77. The second kappa shape index (κ2) is 8.86. The summed E-state index contributed by atoms with van der Waals surface area (Å²) in [6.07, 6.45) is 1.81. The predicted octanol–water partition coefficient (Wildman–Crippen LogP) is 2.86. The molecule has 1 unspecified atom stereocenters. The Morgan fingerprint density at radius 2 is 2.19 bits per heavy atom. The van der Waals surface area contributed by atoms with Crippen LogP contribution in [0.15, 0.2) is 41.5 Å². The largest absolute Gasteiger partial charge is 0.481 e. The summed E-state index contributed by atoms with van der Waals surface area (Å²) in [5.41, 5.74) is 4.89. The van der Waals surface area contributed by atoms with Crippen LogP contribution in [0, 0.1) is 13.8 Å². The molecule has 3 rings (SSSR count). The van der Waals surface area contributed by atoms with Gasteiger partial charge in [-0.15, -0.1) is 0 Å². The van der Waals surface area contributed by atoms with Crippen LogP contribution in [0.3, 0.4) is 0 Å². The van der Waals surface area contributed by atoms with E-state index >= 15 is 0 Å². The van der Waals surface area contributed by atoms with Gasteiger partial charge >= 0.3 is 0 Å². The van der Waals surface area contributed by atoms with Crippen LogP contribution in [0.5, 0.6) is 5.88 Å². The van der Waals surface area contributed by atoms with Crippen molar-refractivity contribution in [2.75, 3.05) is 33.9 Å². The van der Waals surface area contributed by atoms with E-state index in [-0.39, 0.29) is 6.10 Å². The van der Waals surface area contributed by atoms with Gasteiger partial charge in [0.2, 0.25) is 5.88 Å². The molecule has 0 bridgehead atoms. The van der Waals surface area contributed by atoms with Crippen molar-refractivity contribution in [3.63, 3.8) is 0 Å². The lowest BCUT2D eigenvalue weighted by atomic mass is 10.00. The first-order valence-corrected chi connectivity index (χ1v) is 9.24. The van der Waals surface area contributed by atoms with Crippen LogP contribution in [0.4, 0.5) is 0 Å². The summed E-state index contributed by atoms with van der Waals surface area (Å²) < 4.78 is 11.2. The van der Waals surface area contributed by atoms with Crippen LogP contribution >= 0.6 is 0 Å². The average molecular weight is 368 g/mol. The average Bonchev–Trinajstić information content (AvgIpc) is 2.69. The van der Waals surface area contributed by atoms with E-state index in [1.807, 2.05) is 19.2 Å². The molecule has 6 nitrogen and oxygen atoms in total. The normalized spacial score (nSPS) is 17.7. The minimum atomic E-state index is 0.0546. The molecule has 1 atom stereocenters. The Morgan fingerprint density at radius 1 is 1.33 bits per heavy atom. The molecule has 6 heteroatoms. The number of methoxy groups -OCH3 is 1. The van der Waals surface area contributed by atoms with Gasteiger partial charge in [-0.2, -0.15) is 0 Å². The summed E-state index contributed by atoms with van der Waals surface area (Å²) in [6, 6.07) is 10.4. The molecule has 27 heavy (non-hydrogen) atoms. The van der Waals surface area contributed by atoms with Crippen LogP contribution < -0.4 is 10.1 Å². The number of aromatic nitrogens is 1. The number of aliphatic imine (C=N–C) groups is 1. The van der Waals surface area contributed by atoms with E-state index in [1.54, 1.807) is 13.3 Å². The summed E-state index contributed by atoms with van der Waals surface area (Å²) in [5, 5.41) is 3.44. The van der Waals surface area contributed by atoms with E-state index < -0.39 is 0 Å². The Bertz CT molecular complexity index is 807. The van der Waals surface area contributed by atoms with Gasteiger partial charge in [0, 0.05) is 32.4 Å². The molecule has 1 aliphatic heterocycles. The molecule has 1 aromatic carbocycles. The van der Waals surface area contributed by atoms with Gasteiger partial charge < -0.3 is 19.7 Å². The van der Waals surface area contributed by atoms with Gasteiger partial charge in [0.05, 0.1) is 20.3 Å². The number of nitrogens with zero attached hydrogens (tertiary/aromatic N) is 3. The molecule has 1 saturated heterocycles. The summed E-state index contributed by atoms with van der Waals surface area (Å²) in [6.45, 7) is 7.21. The zero-order chi connectivity index (χ0) is 19.2. The molecule has 0 amide bonds. The third-order valence-electron chi connectivity index (χ3n) is 4.81. The summed E-state index contributed by atoms with van der Waals surface area (Å²) in [4.78, 5) is 10.9. The van der Waals surface area contributed by atoms with Crippen LogP contribution in [0.2, 0.25) is 0 Å². The number of aryl methyl sites for hydroxylation is 2. The Balaban J connectivity index is 1.66. The first kappa shape index (κ1) is 19.2. The van der Waals surface area contributed by atoms with E-state index in [2.05, 4.69) is 52.2 Å². The lowest BCUT2D eigenvalue weighted by Gasteiger charge is -2.35. The number of hydrogen-bond acceptors (Lipinski definition) is 4. The first-order chi connectivity index (χ1) is 13.1. The van der Waals surface area contributed by atoms with E-state index in [9.17, 15) is 0 Å². The topological polar surface area (TPSA) is 59.0 Å². The van der Waals surface area contributed by atoms with E-state index in [4.69, 9.17) is 9.47 Å². The standard InChI is InChI=1S/C21H28N4O2/c1-15-5-6-18(16(2)11-15)19-14-25(9-10-27-19)21(22-3)24-13-17-7-8-23-20(12-17)26-4/h5-8,11-12,19H,9-10,13-14H2,1-4H3,(H,22,24). The lowest BCUT2D eigenvalue weighted by Crippen LogP contribution is -2.48. The molecule has 1 N–H and O–H groups in total. The fourth-order valence-electron chi connectivity index (χ4n) is 3.40. The van der Waals surface area contributed by atoms with Crippen LogP contribution in [0.1, 0.15) is 28.4 Å². The Kier molecular flexibility index (Phi) is 6.29. The van der Waals surface area contributed by atoms with Gasteiger partial charge in [0.25, 0.3) is 0 Å². The highest BCUT2D eigenvalue weighted by molar-refractivity contribution is 5.80. The highest BCUT2D eigenvalue weighted by atomic mass is 16.5. The van der Waals surface area contributed by atoms with Crippen molar-refractivity contribution < 1.29 is 9.47 Å². The fourth-order valence-corrected chi connectivity index (χ4v) is 3.40. The minimum absolute atomic E-state index is 0.0546. The maximum Gasteiger partial charge on any atom is 0.213 e. The molecule has 0 saturated carbocycles. The highest BCUT2D eigenvalue weighted by Crippen LogP contribution is 2.26. The number of rotatable bonds is 4. The molecule has 2 aromatic rings.